The third-order valence-electron chi connectivity index (χ3n) is 5.21. The maximum atomic E-state index is 13.2. The molecule has 2 aliphatic heterocycles. The van der Waals surface area contributed by atoms with Crippen molar-refractivity contribution in [3.05, 3.63) is 59.7 Å². The second kappa shape index (κ2) is 6.54. The quantitative estimate of drug-likeness (QED) is 0.821. The standard InChI is InChI=1S/C21H21N3O3/c1-14-11-15-7-3-5-9-17(15)24(14)20(26)13-23-18-10-6-4-8-16(18)21(27)22(2)12-19(23)25/h3-10,14H,11-13H2,1-2H3/t14-/m0/s1. The molecule has 0 unspecified atom stereocenters. The molecule has 0 radical (unpaired) electrons. The first-order valence-electron chi connectivity index (χ1n) is 9.02. The van der Waals surface area contributed by atoms with E-state index in [4.69, 9.17) is 0 Å². The van der Waals surface area contributed by atoms with Gasteiger partial charge in [-0.1, -0.05) is 30.3 Å². The zero-order chi connectivity index (χ0) is 19.1. The summed E-state index contributed by atoms with van der Waals surface area (Å²) in [5, 5.41) is 0. The van der Waals surface area contributed by atoms with Gasteiger partial charge >= 0.3 is 0 Å². The topological polar surface area (TPSA) is 60.9 Å². The van der Waals surface area contributed by atoms with Crippen LogP contribution in [0.5, 0.6) is 0 Å². The van der Waals surface area contributed by atoms with E-state index in [2.05, 4.69) is 0 Å². The Hall–Kier alpha value is -3.15. The molecule has 0 saturated heterocycles. The summed E-state index contributed by atoms with van der Waals surface area (Å²) in [6, 6.07) is 14.8. The van der Waals surface area contributed by atoms with Crippen LogP contribution in [-0.2, 0) is 16.0 Å². The van der Waals surface area contributed by atoms with Gasteiger partial charge in [0.25, 0.3) is 5.91 Å². The molecule has 2 heterocycles. The lowest BCUT2D eigenvalue weighted by molar-refractivity contribution is -0.122. The summed E-state index contributed by atoms with van der Waals surface area (Å²) in [5.41, 5.74) is 2.97. The lowest BCUT2D eigenvalue weighted by Gasteiger charge is -2.27. The van der Waals surface area contributed by atoms with E-state index in [-0.39, 0.29) is 36.9 Å². The third kappa shape index (κ3) is 2.87. The van der Waals surface area contributed by atoms with Crippen molar-refractivity contribution in [2.24, 2.45) is 0 Å². The summed E-state index contributed by atoms with van der Waals surface area (Å²) in [6.45, 7) is 1.87. The Balaban J connectivity index is 1.67. The summed E-state index contributed by atoms with van der Waals surface area (Å²) in [6.07, 6.45) is 0.799. The number of anilines is 2. The molecule has 6 heteroatoms. The number of nitrogens with zero attached hydrogens (tertiary/aromatic N) is 3. The molecular weight excluding hydrogens is 342 g/mol. The highest BCUT2D eigenvalue weighted by Gasteiger charge is 2.35. The lowest BCUT2D eigenvalue weighted by atomic mass is 10.1. The van der Waals surface area contributed by atoms with Gasteiger partial charge < -0.3 is 14.7 Å². The summed E-state index contributed by atoms with van der Waals surface area (Å²) < 4.78 is 0. The van der Waals surface area contributed by atoms with Crippen LogP contribution in [0.25, 0.3) is 0 Å². The molecule has 3 amide bonds. The van der Waals surface area contributed by atoms with Crippen LogP contribution < -0.4 is 9.80 Å². The first kappa shape index (κ1) is 17.3. The van der Waals surface area contributed by atoms with Crippen molar-refractivity contribution in [3.8, 4) is 0 Å². The summed E-state index contributed by atoms with van der Waals surface area (Å²) in [7, 11) is 1.60. The van der Waals surface area contributed by atoms with E-state index in [1.165, 1.54) is 9.80 Å². The predicted molar refractivity (Wildman–Crippen MR) is 103 cm³/mol. The third-order valence-corrected chi connectivity index (χ3v) is 5.21. The molecule has 0 N–H and O–H groups in total. The first-order chi connectivity index (χ1) is 13.0. The molecule has 27 heavy (non-hydrogen) atoms. The predicted octanol–water partition coefficient (Wildman–Crippen LogP) is 2.08. The Morgan fingerprint density at radius 3 is 2.48 bits per heavy atom. The number of likely N-dealkylation sites (N-methyl/N-ethyl adjacent to an activating group) is 1. The maximum absolute atomic E-state index is 13.2. The van der Waals surface area contributed by atoms with E-state index in [9.17, 15) is 14.4 Å². The number of fused-ring (bicyclic) bond motifs is 2. The first-order valence-corrected chi connectivity index (χ1v) is 9.02. The highest BCUT2D eigenvalue weighted by atomic mass is 16.2. The number of carbonyl (C=O) groups excluding carboxylic acids is 3. The van der Waals surface area contributed by atoms with Crippen LogP contribution in [0.1, 0.15) is 22.8 Å². The van der Waals surface area contributed by atoms with Crippen LogP contribution in [0.2, 0.25) is 0 Å². The molecule has 2 aliphatic rings. The minimum absolute atomic E-state index is 0.0385. The van der Waals surface area contributed by atoms with Crippen LogP contribution in [-0.4, -0.2) is 48.8 Å². The van der Waals surface area contributed by atoms with Crippen molar-refractivity contribution in [2.45, 2.75) is 19.4 Å². The average molecular weight is 363 g/mol. The monoisotopic (exact) mass is 363 g/mol. The minimum Gasteiger partial charge on any atom is -0.332 e. The van der Waals surface area contributed by atoms with E-state index < -0.39 is 0 Å². The molecule has 0 fully saturated rings. The average Bonchev–Trinajstić information content (AvgIpc) is 2.97. The van der Waals surface area contributed by atoms with E-state index >= 15 is 0 Å². The van der Waals surface area contributed by atoms with Gasteiger partial charge in [0.05, 0.1) is 11.3 Å². The molecule has 0 spiro atoms. The molecule has 6 nitrogen and oxygen atoms in total. The van der Waals surface area contributed by atoms with Crippen LogP contribution in [0, 0.1) is 0 Å². The van der Waals surface area contributed by atoms with Gasteiger partial charge in [0.15, 0.2) is 0 Å². The zero-order valence-corrected chi connectivity index (χ0v) is 15.4. The molecule has 0 aliphatic carbocycles. The molecular formula is C21H21N3O3. The largest absolute Gasteiger partial charge is 0.332 e. The van der Waals surface area contributed by atoms with Gasteiger partial charge in [-0.05, 0) is 37.1 Å². The smallest absolute Gasteiger partial charge is 0.256 e. The second-order valence-electron chi connectivity index (χ2n) is 7.10. The fourth-order valence-electron chi connectivity index (χ4n) is 3.92. The van der Waals surface area contributed by atoms with Gasteiger partial charge in [-0.25, -0.2) is 0 Å². The van der Waals surface area contributed by atoms with E-state index in [1.807, 2.05) is 31.2 Å². The number of amides is 3. The van der Waals surface area contributed by atoms with Crippen LogP contribution in [0.4, 0.5) is 11.4 Å². The number of hydrogen-bond acceptors (Lipinski definition) is 3. The van der Waals surface area contributed by atoms with E-state index in [0.29, 0.717) is 11.3 Å². The van der Waals surface area contributed by atoms with Crippen LogP contribution in [0.15, 0.2) is 48.5 Å². The highest BCUT2D eigenvalue weighted by molar-refractivity contribution is 6.12. The Labute approximate surface area is 158 Å². The van der Waals surface area contributed by atoms with Gasteiger partial charge in [0.2, 0.25) is 11.8 Å². The normalized spacial score (nSPS) is 19.0. The number of rotatable bonds is 2. The number of benzene rings is 2. The van der Waals surface area contributed by atoms with Crippen molar-refractivity contribution >= 4 is 29.1 Å². The van der Waals surface area contributed by atoms with Crippen molar-refractivity contribution in [1.82, 2.24) is 4.90 Å². The van der Waals surface area contributed by atoms with E-state index in [1.54, 1.807) is 36.2 Å². The van der Waals surface area contributed by atoms with Gasteiger partial charge in [-0.3, -0.25) is 14.4 Å². The maximum Gasteiger partial charge on any atom is 0.256 e. The Morgan fingerprint density at radius 1 is 1.04 bits per heavy atom. The molecule has 0 aromatic heterocycles. The summed E-state index contributed by atoms with van der Waals surface area (Å²) >= 11 is 0. The minimum atomic E-state index is -0.260. The van der Waals surface area contributed by atoms with Crippen molar-refractivity contribution in [2.75, 3.05) is 29.9 Å². The SMILES string of the molecule is C[C@H]1Cc2ccccc2N1C(=O)CN1C(=O)CN(C)C(=O)c2ccccc21. The van der Waals surface area contributed by atoms with Crippen molar-refractivity contribution in [1.29, 1.82) is 0 Å². The molecule has 2 aromatic carbocycles. The Morgan fingerprint density at radius 2 is 1.70 bits per heavy atom. The molecule has 1 atom stereocenters. The molecule has 4 rings (SSSR count). The van der Waals surface area contributed by atoms with Crippen LogP contribution >= 0.6 is 0 Å². The number of hydrogen-bond donors (Lipinski definition) is 0. The van der Waals surface area contributed by atoms with Gasteiger partial charge in [0, 0.05) is 18.8 Å². The highest BCUT2D eigenvalue weighted by Crippen LogP contribution is 2.32. The Kier molecular flexibility index (Phi) is 4.18. The van der Waals surface area contributed by atoms with Crippen molar-refractivity contribution < 1.29 is 14.4 Å². The van der Waals surface area contributed by atoms with Gasteiger partial charge in [-0.2, -0.15) is 0 Å². The Bertz CT molecular complexity index is 940. The molecule has 138 valence electrons. The summed E-state index contributed by atoms with van der Waals surface area (Å²) in [4.78, 5) is 43.1. The van der Waals surface area contributed by atoms with Gasteiger partial charge in [0.1, 0.15) is 13.1 Å². The molecule has 2 aromatic rings. The van der Waals surface area contributed by atoms with Gasteiger partial charge in [-0.15, -0.1) is 0 Å². The molecule has 0 saturated carbocycles. The number of carbonyl (C=O) groups is 3. The fraction of sp³-hybridized carbons (Fsp3) is 0.286. The fourth-order valence-corrected chi connectivity index (χ4v) is 3.92. The molecule has 0 bridgehead atoms. The number of para-hydroxylation sites is 2. The zero-order valence-electron chi connectivity index (χ0n) is 15.4. The van der Waals surface area contributed by atoms with Crippen LogP contribution in [0.3, 0.4) is 0 Å². The van der Waals surface area contributed by atoms with Crippen molar-refractivity contribution in [3.63, 3.8) is 0 Å². The lowest BCUT2D eigenvalue weighted by Crippen LogP contribution is -2.46. The summed E-state index contributed by atoms with van der Waals surface area (Å²) in [5.74, 6) is -0.620. The van der Waals surface area contributed by atoms with E-state index in [0.717, 1.165) is 17.7 Å². The second-order valence-corrected chi connectivity index (χ2v) is 7.10.